The average Bonchev–Trinajstić information content (AvgIpc) is 2.57. The summed E-state index contributed by atoms with van der Waals surface area (Å²) in [7, 11) is 0. The molecule has 0 saturated carbocycles. The van der Waals surface area contributed by atoms with Crippen molar-refractivity contribution in [2.24, 2.45) is 0 Å². The summed E-state index contributed by atoms with van der Waals surface area (Å²) < 4.78 is 0. The van der Waals surface area contributed by atoms with Crippen LogP contribution < -0.4 is 4.90 Å². The van der Waals surface area contributed by atoms with E-state index in [1.165, 1.54) is 25.7 Å². The van der Waals surface area contributed by atoms with Crippen LogP contribution >= 0.6 is 0 Å². The van der Waals surface area contributed by atoms with Crippen molar-refractivity contribution in [3.05, 3.63) is 23.9 Å². The van der Waals surface area contributed by atoms with Gasteiger partial charge in [0.2, 0.25) is 0 Å². The second-order valence-corrected chi connectivity index (χ2v) is 4.52. The van der Waals surface area contributed by atoms with Gasteiger partial charge in [0.25, 0.3) is 0 Å². The summed E-state index contributed by atoms with van der Waals surface area (Å²) in [5, 5.41) is 9.56. The lowest BCUT2D eigenvalue weighted by atomic mass is 10.1. The molecule has 1 aromatic heterocycles. The first kappa shape index (κ1) is 11.4. The smallest absolute Gasteiger partial charge is 0.128 e. The molecule has 0 bridgehead atoms. The van der Waals surface area contributed by atoms with Gasteiger partial charge < -0.3 is 10.0 Å². The van der Waals surface area contributed by atoms with Gasteiger partial charge in [0.05, 0.1) is 6.10 Å². The van der Waals surface area contributed by atoms with Crippen LogP contribution in [0.25, 0.3) is 0 Å². The Morgan fingerprint density at radius 3 is 2.56 bits per heavy atom. The maximum Gasteiger partial charge on any atom is 0.128 e. The minimum atomic E-state index is -0.409. The van der Waals surface area contributed by atoms with Gasteiger partial charge in [-0.2, -0.15) is 0 Å². The van der Waals surface area contributed by atoms with E-state index in [9.17, 15) is 5.11 Å². The fourth-order valence-corrected chi connectivity index (χ4v) is 2.17. The fraction of sp³-hybridized carbons (Fsp3) is 0.615. The Morgan fingerprint density at radius 1 is 1.25 bits per heavy atom. The summed E-state index contributed by atoms with van der Waals surface area (Å²) in [6.07, 6.45) is 6.54. The van der Waals surface area contributed by atoms with E-state index in [0.717, 1.165) is 24.5 Å². The molecule has 0 amide bonds. The van der Waals surface area contributed by atoms with E-state index in [0.29, 0.717) is 0 Å². The number of pyridine rings is 1. The normalized spacial score (nSPS) is 19.2. The van der Waals surface area contributed by atoms with Crippen LogP contribution in [0.5, 0.6) is 0 Å². The highest BCUT2D eigenvalue weighted by atomic mass is 16.3. The number of aromatic nitrogens is 1. The van der Waals surface area contributed by atoms with E-state index in [2.05, 4.69) is 9.88 Å². The third-order valence-electron chi connectivity index (χ3n) is 3.18. The Labute approximate surface area is 97.1 Å². The molecule has 1 aliphatic rings. The monoisotopic (exact) mass is 220 g/mol. The van der Waals surface area contributed by atoms with Crippen LogP contribution in [0.2, 0.25) is 0 Å². The Morgan fingerprint density at radius 2 is 1.94 bits per heavy atom. The van der Waals surface area contributed by atoms with Gasteiger partial charge in [-0.05, 0) is 37.5 Å². The molecule has 0 aliphatic carbocycles. The van der Waals surface area contributed by atoms with Gasteiger partial charge in [-0.3, -0.25) is 0 Å². The summed E-state index contributed by atoms with van der Waals surface area (Å²) >= 11 is 0. The molecule has 1 unspecified atom stereocenters. The van der Waals surface area contributed by atoms with Gasteiger partial charge in [0.1, 0.15) is 5.82 Å². The van der Waals surface area contributed by atoms with Crippen molar-refractivity contribution < 1.29 is 5.11 Å². The first-order valence-corrected chi connectivity index (χ1v) is 6.16. The van der Waals surface area contributed by atoms with E-state index < -0.39 is 6.10 Å². The second kappa shape index (κ2) is 5.30. The largest absolute Gasteiger partial charge is 0.389 e. The highest BCUT2D eigenvalue weighted by Crippen LogP contribution is 2.20. The zero-order chi connectivity index (χ0) is 11.4. The SMILES string of the molecule is CC(O)c1ccnc(N2CCCCCC2)c1. The highest BCUT2D eigenvalue weighted by molar-refractivity contribution is 5.41. The van der Waals surface area contributed by atoms with Gasteiger partial charge in [0, 0.05) is 19.3 Å². The van der Waals surface area contributed by atoms with Crippen LogP contribution in [0.1, 0.15) is 44.3 Å². The zero-order valence-corrected chi connectivity index (χ0v) is 9.89. The Bertz CT molecular complexity index is 330. The van der Waals surface area contributed by atoms with Crippen molar-refractivity contribution in [1.29, 1.82) is 0 Å². The number of hydrogen-bond donors (Lipinski definition) is 1. The number of nitrogens with zero attached hydrogens (tertiary/aromatic N) is 2. The molecule has 3 nitrogen and oxygen atoms in total. The molecule has 2 heterocycles. The van der Waals surface area contributed by atoms with Crippen LogP contribution in [-0.2, 0) is 0 Å². The van der Waals surface area contributed by atoms with Crippen molar-refractivity contribution in [3.8, 4) is 0 Å². The molecule has 16 heavy (non-hydrogen) atoms. The molecular weight excluding hydrogens is 200 g/mol. The van der Waals surface area contributed by atoms with Crippen LogP contribution in [0.15, 0.2) is 18.3 Å². The molecule has 88 valence electrons. The Balaban J connectivity index is 2.15. The van der Waals surface area contributed by atoms with Gasteiger partial charge in [-0.25, -0.2) is 4.98 Å². The molecule has 1 N–H and O–H groups in total. The number of aliphatic hydroxyl groups is 1. The maximum atomic E-state index is 9.56. The van der Waals surface area contributed by atoms with Gasteiger partial charge >= 0.3 is 0 Å². The summed E-state index contributed by atoms with van der Waals surface area (Å²) in [6.45, 7) is 3.98. The third kappa shape index (κ3) is 2.73. The Hall–Kier alpha value is -1.09. The van der Waals surface area contributed by atoms with E-state index in [1.807, 2.05) is 12.1 Å². The minimum Gasteiger partial charge on any atom is -0.389 e. The summed E-state index contributed by atoms with van der Waals surface area (Å²) in [6, 6.07) is 3.89. The summed E-state index contributed by atoms with van der Waals surface area (Å²) in [5.41, 5.74) is 0.953. The zero-order valence-electron chi connectivity index (χ0n) is 9.89. The van der Waals surface area contributed by atoms with E-state index in [4.69, 9.17) is 0 Å². The second-order valence-electron chi connectivity index (χ2n) is 4.52. The predicted octanol–water partition coefficient (Wildman–Crippen LogP) is 2.52. The van der Waals surface area contributed by atoms with Crippen molar-refractivity contribution >= 4 is 5.82 Å². The standard InChI is InChI=1S/C13H20N2O/c1-11(16)12-6-7-14-13(10-12)15-8-4-2-3-5-9-15/h6-7,10-11,16H,2-5,8-9H2,1H3. The quantitative estimate of drug-likeness (QED) is 0.832. The number of rotatable bonds is 2. The number of aliphatic hydroxyl groups excluding tert-OH is 1. The molecule has 1 fully saturated rings. The lowest BCUT2D eigenvalue weighted by Gasteiger charge is -2.22. The van der Waals surface area contributed by atoms with Crippen LogP contribution in [-0.4, -0.2) is 23.2 Å². The average molecular weight is 220 g/mol. The molecule has 0 spiro atoms. The molecule has 1 aromatic rings. The molecule has 2 rings (SSSR count). The van der Waals surface area contributed by atoms with E-state index in [-0.39, 0.29) is 0 Å². The molecule has 3 heteroatoms. The Kier molecular flexibility index (Phi) is 3.78. The topological polar surface area (TPSA) is 36.4 Å². The van der Waals surface area contributed by atoms with Gasteiger partial charge in [-0.1, -0.05) is 12.8 Å². The lowest BCUT2D eigenvalue weighted by Crippen LogP contribution is -2.24. The van der Waals surface area contributed by atoms with Crippen molar-refractivity contribution in [2.45, 2.75) is 38.7 Å². The first-order valence-electron chi connectivity index (χ1n) is 6.16. The molecule has 0 radical (unpaired) electrons. The minimum absolute atomic E-state index is 0.409. The molecular formula is C13H20N2O. The van der Waals surface area contributed by atoms with Crippen LogP contribution in [0.3, 0.4) is 0 Å². The van der Waals surface area contributed by atoms with Gasteiger partial charge in [-0.15, -0.1) is 0 Å². The predicted molar refractivity (Wildman–Crippen MR) is 65.6 cm³/mol. The van der Waals surface area contributed by atoms with E-state index in [1.54, 1.807) is 13.1 Å². The molecule has 0 aromatic carbocycles. The van der Waals surface area contributed by atoms with E-state index >= 15 is 0 Å². The van der Waals surface area contributed by atoms with Gasteiger partial charge in [0.15, 0.2) is 0 Å². The van der Waals surface area contributed by atoms with Crippen LogP contribution in [0, 0.1) is 0 Å². The summed E-state index contributed by atoms with van der Waals surface area (Å²) in [5.74, 6) is 1.01. The maximum absolute atomic E-state index is 9.56. The highest BCUT2D eigenvalue weighted by Gasteiger charge is 2.12. The summed E-state index contributed by atoms with van der Waals surface area (Å²) in [4.78, 5) is 6.73. The molecule has 1 saturated heterocycles. The lowest BCUT2D eigenvalue weighted by molar-refractivity contribution is 0.199. The number of hydrogen-bond acceptors (Lipinski definition) is 3. The van der Waals surface area contributed by atoms with Crippen molar-refractivity contribution in [3.63, 3.8) is 0 Å². The van der Waals surface area contributed by atoms with Crippen molar-refractivity contribution in [2.75, 3.05) is 18.0 Å². The van der Waals surface area contributed by atoms with Crippen LogP contribution in [0.4, 0.5) is 5.82 Å². The fourth-order valence-electron chi connectivity index (χ4n) is 2.17. The third-order valence-corrected chi connectivity index (χ3v) is 3.18. The molecule has 1 aliphatic heterocycles. The van der Waals surface area contributed by atoms with Crippen molar-refractivity contribution in [1.82, 2.24) is 4.98 Å². The first-order chi connectivity index (χ1) is 7.77. The molecule has 1 atom stereocenters. The number of anilines is 1.